The molecular formula is C35H50FN3O6. The fraction of sp³-hybridized carbons (Fsp3) is 0.657. The number of halogens is 1. The van der Waals surface area contributed by atoms with Gasteiger partial charge in [0.1, 0.15) is 18.0 Å². The van der Waals surface area contributed by atoms with Gasteiger partial charge in [-0.25, -0.2) is 9.18 Å². The number of morpholine rings is 1. The van der Waals surface area contributed by atoms with E-state index in [9.17, 15) is 19.1 Å². The molecule has 3 fully saturated rings. The van der Waals surface area contributed by atoms with Crippen molar-refractivity contribution in [3.8, 4) is 0 Å². The fourth-order valence-electron chi connectivity index (χ4n) is 6.69. The predicted molar refractivity (Wildman–Crippen MR) is 171 cm³/mol. The molecule has 0 unspecified atom stereocenters. The molecule has 1 aromatic rings. The first-order chi connectivity index (χ1) is 21.7. The number of hydrogen-bond donors (Lipinski definition) is 1. The van der Waals surface area contributed by atoms with Crippen LogP contribution in [0.2, 0.25) is 0 Å². The Balaban J connectivity index is 1.31. The van der Waals surface area contributed by atoms with Gasteiger partial charge in [-0.2, -0.15) is 0 Å². The van der Waals surface area contributed by atoms with Gasteiger partial charge < -0.3 is 29.1 Å². The highest BCUT2D eigenvalue weighted by Crippen LogP contribution is 2.28. The van der Waals surface area contributed by atoms with E-state index in [1.807, 2.05) is 45.1 Å². The number of rotatable bonds is 5. The quantitative estimate of drug-likeness (QED) is 0.359. The smallest absolute Gasteiger partial charge is 0.410 e. The molecule has 5 rings (SSSR count). The molecule has 1 N–H and O–H groups in total. The summed E-state index contributed by atoms with van der Waals surface area (Å²) in [5, 5.41) is 10.6. The number of ether oxygens (including phenoxy) is 3. The van der Waals surface area contributed by atoms with Crippen molar-refractivity contribution in [1.82, 2.24) is 9.80 Å². The first kappa shape index (κ1) is 33.4. The van der Waals surface area contributed by atoms with Gasteiger partial charge in [0.25, 0.3) is 0 Å². The molecule has 0 bridgehead atoms. The number of benzene rings is 1. The van der Waals surface area contributed by atoms with Crippen LogP contribution in [0.3, 0.4) is 0 Å². The normalized spacial score (nSPS) is 30.5. The van der Waals surface area contributed by atoms with E-state index in [2.05, 4.69) is 9.80 Å². The summed E-state index contributed by atoms with van der Waals surface area (Å²) in [4.78, 5) is 32.5. The predicted octanol–water partition coefficient (Wildman–Crippen LogP) is 5.03. The van der Waals surface area contributed by atoms with E-state index in [4.69, 9.17) is 14.2 Å². The zero-order valence-corrected chi connectivity index (χ0v) is 27.0. The van der Waals surface area contributed by atoms with Crippen LogP contribution >= 0.6 is 0 Å². The largest absolute Gasteiger partial charge is 0.457 e. The van der Waals surface area contributed by atoms with Crippen molar-refractivity contribution in [2.75, 3.05) is 57.4 Å². The number of anilines is 1. The third kappa shape index (κ3) is 9.08. The second kappa shape index (κ2) is 15.6. The number of nitrogens with zero attached hydrogens (tertiary/aromatic N) is 3. The molecule has 3 heterocycles. The van der Waals surface area contributed by atoms with E-state index in [1.165, 1.54) is 31.4 Å². The molecule has 0 radical (unpaired) electrons. The average Bonchev–Trinajstić information content (AvgIpc) is 2.99. The second-order valence-corrected chi connectivity index (χ2v) is 13.3. The van der Waals surface area contributed by atoms with E-state index in [0.29, 0.717) is 63.8 Å². The maximum atomic E-state index is 14.7. The van der Waals surface area contributed by atoms with Gasteiger partial charge in [-0.15, -0.1) is 0 Å². The van der Waals surface area contributed by atoms with E-state index in [-0.39, 0.29) is 30.2 Å². The zero-order valence-electron chi connectivity index (χ0n) is 27.0. The van der Waals surface area contributed by atoms with Crippen LogP contribution in [0.1, 0.15) is 64.9 Å². The highest BCUT2D eigenvalue weighted by Gasteiger charge is 2.32. The van der Waals surface area contributed by atoms with E-state index in [1.54, 1.807) is 4.90 Å². The van der Waals surface area contributed by atoms with Crippen molar-refractivity contribution in [3.63, 3.8) is 0 Å². The van der Waals surface area contributed by atoms with E-state index in [0.717, 1.165) is 24.4 Å². The summed E-state index contributed by atoms with van der Waals surface area (Å²) in [6.07, 6.45) is 8.03. The number of esters is 1. The monoisotopic (exact) mass is 627 g/mol. The zero-order chi connectivity index (χ0) is 31.9. The van der Waals surface area contributed by atoms with Crippen molar-refractivity contribution in [2.45, 2.75) is 83.6 Å². The van der Waals surface area contributed by atoms with Crippen LogP contribution in [0.15, 0.2) is 35.9 Å². The molecule has 1 amide bonds. The second-order valence-electron chi connectivity index (χ2n) is 13.3. The number of carbonyl (C=O) groups is 2. The van der Waals surface area contributed by atoms with Crippen LogP contribution in [-0.4, -0.2) is 104 Å². The molecule has 4 aliphatic rings. The fourth-order valence-corrected chi connectivity index (χ4v) is 6.69. The number of piperazine rings is 1. The van der Waals surface area contributed by atoms with Crippen LogP contribution in [0.5, 0.6) is 0 Å². The van der Waals surface area contributed by atoms with E-state index < -0.39 is 24.3 Å². The van der Waals surface area contributed by atoms with Crippen molar-refractivity contribution >= 4 is 23.8 Å². The van der Waals surface area contributed by atoms with Gasteiger partial charge in [0, 0.05) is 56.9 Å². The van der Waals surface area contributed by atoms with Crippen molar-refractivity contribution < 1.29 is 33.3 Å². The Morgan fingerprint density at radius 2 is 1.73 bits per heavy atom. The van der Waals surface area contributed by atoms with Gasteiger partial charge >= 0.3 is 12.1 Å². The molecule has 9 nitrogen and oxygen atoms in total. The van der Waals surface area contributed by atoms with Crippen molar-refractivity contribution in [2.24, 2.45) is 11.8 Å². The Morgan fingerprint density at radius 3 is 2.42 bits per heavy atom. The Kier molecular flexibility index (Phi) is 11.6. The van der Waals surface area contributed by atoms with Crippen LogP contribution in [0.4, 0.5) is 14.9 Å². The summed E-state index contributed by atoms with van der Waals surface area (Å²) < 4.78 is 32.2. The van der Waals surface area contributed by atoms with Gasteiger partial charge in [-0.05, 0) is 73.9 Å². The first-order valence-corrected chi connectivity index (χ1v) is 16.7. The molecular weight excluding hydrogens is 577 g/mol. The molecule has 248 valence electrons. The molecule has 0 spiro atoms. The number of carbonyl (C=O) groups excluding carboxylic acids is 2. The maximum Gasteiger partial charge on any atom is 0.410 e. The minimum atomic E-state index is -0.862. The molecule has 1 saturated carbocycles. The highest BCUT2D eigenvalue weighted by molar-refractivity contribution is 5.71. The number of amides is 1. The number of cyclic esters (lactones) is 1. The standard InChI is InChI=1S/C35H50FN3O6/c1-24-7-9-31(40)23-33(41)45-34(26(3)19-27-20-28(36)22-30(21-27)38-15-17-43-18-16-38)25(2)8-10-32(24)44-35(42)39-13-11-37(12-14-39)29-5-4-6-29/h8,10,19-22,24-25,29,31-32,34,40H,4-7,9,11-18,23H2,1-3H3/b10-8+,26-19+/t24-,25-,31+,32+,34-/m0/s1. The first-order valence-electron chi connectivity index (χ1n) is 16.7. The SMILES string of the molecule is C/C(=C\c1cc(F)cc(N2CCOCC2)c1)[C@H]1OC(=O)C[C@H](O)CC[C@H](C)[C@H](OC(=O)N2CCN(C3CCC3)CC2)/C=C/[C@@H]1C. The average molecular weight is 628 g/mol. The molecule has 2 saturated heterocycles. The van der Waals surface area contributed by atoms with Gasteiger partial charge in [0.05, 0.1) is 25.7 Å². The minimum Gasteiger partial charge on any atom is -0.457 e. The third-order valence-electron chi connectivity index (χ3n) is 9.78. The Bertz CT molecular complexity index is 1220. The highest BCUT2D eigenvalue weighted by atomic mass is 19.1. The minimum absolute atomic E-state index is 0.0558. The maximum absolute atomic E-state index is 14.7. The molecule has 10 heteroatoms. The summed E-state index contributed by atoms with van der Waals surface area (Å²) in [5.74, 6) is -1.15. The van der Waals surface area contributed by atoms with Gasteiger partial charge in [0.15, 0.2) is 0 Å². The Hall–Kier alpha value is -2.95. The number of aliphatic hydroxyl groups is 1. The summed E-state index contributed by atoms with van der Waals surface area (Å²) in [5.41, 5.74) is 2.20. The lowest BCUT2D eigenvalue weighted by Crippen LogP contribution is -2.54. The lowest BCUT2D eigenvalue weighted by molar-refractivity contribution is -0.151. The van der Waals surface area contributed by atoms with Crippen LogP contribution in [-0.2, 0) is 19.0 Å². The topological polar surface area (TPSA) is 91.8 Å². The van der Waals surface area contributed by atoms with Crippen molar-refractivity contribution in [1.29, 1.82) is 0 Å². The summed E-state index contributed by atoms with van der Waals surface area (Å²) in [6.45, 7) is 11.5. The molecule has 1 aliphatic carbocycles. The van der Waals surface area contributed by atoms with Gasteiger partial charge in [-0.3, -0.25) is 9.69 Å². The Morgan fingerprint density at radius 1 is 1.00 bits per heavy atom. The molecule has 3 aliphatic heterocycles. The number of hydrogen-bond acceptors (Lipinski definition) is 8. The summed E-state index contributed by atoms with van der Waals surface area (Å²) in [6, 6.07) is 5.59. The van der Waals surface area contributed by atoms with Crippen LogP contribution < -0.4 is 4.90 Å². The van der Waals surface area contributed by atoms with E-state index >= 15 is 0 Å². The lowest BCUT2D eigenvalue weighted by atomic mass is 9.91. The summed E-state index contributed by atoms with van der Waals surface area (Å²) in [7, 11) is 0. The molecule has 0 aromatic heterocycles. The summed E-state index contributed by atoms with van der Waals surface area (Å²) >= 11 is 0. The van der Waals surface area contributed by atoms with Crippen LogP contribution in [0, 0.1) is 17.7 Å². The number of aliphatic hydroxyl groups excluding tert-OH is 1. The van der Waals surface area contributed by atoms with Crippen LogP contribution in [0.25, 0.3) is 6.08 Å². The Labute approximate surface area is 267 Å². The molecule has 5 atom stereocenters. The third-order valence-corrected chi connectivity index (χ3v) is 9.78. The molecule has 45 heavy (non-hydrogen) atoms. The molecule has 1 aromatic carbocycles. The van der Waals surface area contributed by atoms with Gasteiger partial charge in [0.2, 0.25) is 0 Å². The van der Waals surface area contributed by atoms with Gasteiger partial charge in [-0.1, -0.05) is 32.4 Å². The van der Waals surface area contributed by atoms with Crippen molar-refractivity contribution in [3.05, 3.63) is 47.3 Å². The lowest BCUT2D eigenvalue weighted by Gasteiger charge is -2.42.